The molecule has 0 saturated heterocycles. The Morgan fingerprint density at radius 2 is 2.21 bits per heavy atom. The van der Waals surface area contributed by atoms with E-state index in [0.717, 1.165) is 23.4 Å². The van der Waals surface area contributed by atoms with E-state index in [1.54, 1.807) is 10.9 Å². The Kier molecular flexibility index (Phi) is 4.93. The number of hydrogen-bond donors (Lipinski definition) is 2. The van der Waals surface area contributed by atoms with Gasteiger partial charge in [0, 0.05) is 49.9 Å². The smallest absolute Gasteiger partial charge is 0.227 e. The lowest BCUT2D eigenvalue weighted by Gasteiger charge is -2.24. The number of para-hydroxylation sites is 1. The molecule has 0 unspecified atom stereocenters. The largest absolute Gasteiger partial charge is 0.356 e. The topological polar surface area (TPSA) is 76.0 Å². The van der Waals surface area contributed by atoms with Crippen molar-refractivity contribution >= 4 is 17.5 Å². The normalized spacial score (nSPS) is 16.4. The van der Waals surface area contributed by atoms with E-state index in [9.17, 15) is 9.59 Å². The van der Waals surface area contributed by atoms with Crippen LogP contribution in [0.2, 0.25) is 0 Å². The van der Waals surface area contributed by atoms with Crippen molar-refractivity contribution in [3.8, 4) is 0 Å². The maximum absolute atomic E-state index is 12.1. The summed E-state index contributed by atoms with van der Waals surface area (Å²) in [5.41, 5.74) is 3.11. The summed E-state index contributed by atoms with van der Waals surface area (Å²) < 4.78 is 1.80. The van der Waals surface area contributed by atoms with Crippen LogP contribution in [-0.4, -0.2) is 28.1 Å². The van der Waals surface area contributed by atoms with E-state index in [-0.39, 0.29) is 17.7 Å². The molecular formula is C18H22N4O2. The lowest BCUT2D eigenvalue weighted by atomic mass is 9.89. The second-order valence-electron chi connectivity index (χ2n) is 6.13. The number of nitrogens with one attached hydrogen (secondary N) is 2. The van der Waals surface area contributed by atoms with Gasteiger partial charge in [0.05, 0.1) is 0 Å². The van der Waals surface area contributed by atoms with Crippen molar-refractivity contribution in [1.29, 1.82) is 0 Å². The second-order valence-corrected chi connectivity index (χ2v) is 6.13. The average Bonchev–Trinajstić information content (AvgIpc) is 2.98. The van der Waals surface area contributed by atoms with Crippen molar-refractivity contribution in [3.63, 3.8) is 0 Å². The Bertz CT molecular complexity index is 738. The zero-order valence-electron chi connectivity index (χ0n) is 13.8. The molecule has 24 heavy (non-hydrogen) atoms. The fraction of sp³-hybridized carbons (Fsp3) is 0.389. The van der Waals surface area contributed by atoms with Crippen molar-refractivity contribution < 1.29 is 9.59 Å². The lowest BCUT2D eigenvalue weighted by molar-refractivity contribution is -0.122. The van der Waals surface area contributed by atoms with Gasteiger partial charge in [-0.3, -0.25) is 14.3 Å². The molecule has 1 aromatic heterocycles. The Hall–Kier alpha value is -2.63. The second kappa shape index (κ2) is 7.29. The van der Waals surface area contributed by atoms with Crippen molar-refractivity contribution in [2.75, 3.05) is 11.9 Å². The van der Waals surface area contributed by atoms with Gasteiger partial charge in [0.15, 0.2) is 0 Å². The van der Waals surface area contributed by atoms with Crippen LogP contribution >= 0.6 is 0 Å². The third kappa shape index (κ3) is 3.82. The first kappa shape index (κ1) is 16.2. The van der Waals surface area contributed by atoms with Gasteiger partial charge in [-0.1, -0.05) is 18.2 Å². The van der Waals surface area contributed by atoms with Crippen molar-refractivity contribution in [2.24, 2.45) is 13.0 Å². The molecule has 126 valence electrons. The maximum Gasteiger partial charge on any atom is 0.227 e. The fourth-order valence-corrected chi connectivity index (χ4v) is 3.02. The molecule has 0 radical (unpaired) electrons. The number of aryl methyl sites for hydroxylation is 1. The Morgan fingerprint density at radius 1 is 1.38 bits per heavy atom. The highest BCUT2D eigenvalue weighted by Crippen LogP contribution is 2.27. The summed E-state index contributed by atoms with van der Waals surface area (Å²) in [6.07, 6.45) is 4.13. The Balaban J connectivity index is 1.43. The molecule has 0 bridgehead atoms. The minimum atomic E-state index is -0.136. The molecule has 1 aliphatic heterocycles. The highest BCUT2D eigenvalue weighted by Gasteiger charge is 2.26. The summed E-state index contributed by atoms with van der Waals surface area (Å²) >= 11 is 0. The van der Waals surface area contributed by atoms with Crippen LogP contribution in [0.25, 0.3) is 0 Å². The number of carbonyl (C=O) groups excluding carboxylic acids is 2. The van der Waals surface area contributed by atoms with Crippen LogP contribution in [0.4, 0.5) is 5.69 Å². The number of fused-ring (bicyclic) bond motifs is 1. The molecule has 0 aliphatic carbocycles. The monoisotopic (exact) mass is 326 g/mol. The van der Waals surface area contributed by atoms with Crippen LogP contribution in [0, 0.1) is 5.92 Å². The first-order valence-corrected chi connectivity index (χ1v) is 8.26. The molecule has 1 aliphatic rings. The van der Waals surface area contributed by atoms with Crippen LogP contribution in [0.5, 0.6) is 0 Å². The molecule has 2 amide bonds. The van der Waals surface area contributed by atoms with E-state index in [4.69, 9.17) is 0 Å². The standard InChI is InChI=1S/C18H22N4O2/c1-22-15(9-11-20-22)8-10-19-17(23)7-6-14-12-13-4-2-3-5-16(13)21-18(14)24/h2-5,9,11,14H,6-8,10,12H2,1H3,(H,19,23)(H,21,24)/t14-/m1/s1. The molecule has 2 heterocycles. The van der Waals surface area contributed by atoms with Gasteiger partial charge >= 0.3 is 0 Å². The van der Waals surface area contributed by atoms with Crippen LogP contribution < -0.4 is 10.6 Å². The van der Waals surface area contributed by atoms with Crippen molar-refractivity contribution in [3.05, 3.63) is 47.8 Å². The third-order valence-electron chi connectivity index (χ3n) is 4.46. The molecule has 0 saturated carbocycles. The number of anilines is 1. The highest BCUT2D eigenvalue weighted by atomic mass is 16.2. The number of nitrogens with zero attached hydrogens (tertiary/aromatic N) is 2. The molecule has 0 spiro atoms. The molecule has 6 heteroatoms. The number of rotatable bonds is 6. The van der Waals surface area contributed by atoms with Gasteiger partial charge in [0.25, 0.3) is 0 Å². The van der Waals surface area contributed by atoms with Crippen molar-refractivity contribution in [1.82, 2.24) is 15.1 Å². The highest BCUT2D eigenvalue weighted by molar-refractivity contribution is 5.96. The molecule has 1 atom stereocenters. The summed E-state index contributed by atoms with van der Waals surface area (Å²) in [6, 6.07) is 9.76. The predicted molar refractivity (Wildman–Crippen MR) is 91.4 cm³/mol. The van der Waals surface area contributed by atoms with Gasteiger partial charge in [0.1, 0.15) is 0 Å². The zero-order chi connectivity index (χ0) is 16.9. The Morgan fingerprint density at radius 3 is 3.00 bits per heavy atom. The van der Waals surface area contributed by atoms with Gasteiger partial charge in [-0.2, -0.15) is 5.10 Å². The average molecular weight is 326 g/mol. The summed E-state index contributed by atoms with van der Waals surface area (Å²) in [4.78, 5) is 24.1. The number of hydrogen-bond acceptors (Lipinski definition) is 3. The minimum Gasteiger partial charge on any atom is -0.356 e. The number of amides is 2. The number of aromatic nitrogens is 2. The summed E-state index contributed by atoms with van der Waals surface area (Å²) in [5.74, 6) is -0.136. The van der Waals surface area contributed by atoms with E-state index in [1.165, 1.54) is 0 Å². The van der Waals surface area contributed by atoms with E-state index in [1.807, 2.05) is 37.4 Å². The molecule has 3 rings (SSSR count). The zero-order valence-corrected chi connectivity index (χ0v) is 13.8. The summed E-state index contributed by atoms with van der Waals surface area (Å²) in [5, 5.41) is 9.93. The molecule has 1 aromatic carbocycles. The number of benzene rings is 1. The van der Waals surface area contributed by atoms with Gasteiger partial charge in [-0.25, -0.2) is 0 Å². The van der Waals surface area contributed by atoms with Crippen LogP contribution in [0.3, 0.4) is 0 Å². The molecule has 2 aromatic rings. The maximum atomic E-state index is 12.1. The van der Waals surface area contributed by atoms with E-state index in [2.05, 4.69) is 15.7 Å². The molecule has 0 fully saturated rings. The fourth-order valence-electron chi connectivity index (χ4n) is 3.02. The van der Waals surface area contributed by atoms with E-state index >= 15 is 0 Å². The first-order chi connectivity index (χ1) is 11.6. The summed E-state index contributed by atoms with van der Waals surface area (Å²) in [6.45, 7) is 0.581. The van der Waals surface area contributed by atoms with Crippen LogP contribution in [0.15, 0.2) is 36.5 Å². The number of carbonyl (C=O) groups is 2. The van der Waals surface area contributed by atoms with E-state index < -0.39 is 0 Å². The van der Waals surface area contributed by atoms with Gasteiger partial charge in [-0.15, -0.1) is 0 Å². The Labute approximate surface area is 141 Å². The SMILES string of the molecule is Cn1nccc1CCNC(=O)CC[C@@H]1Cc2ccccc2NC1=O. The minimum absolute atomic E-state index is 0.0103. The summed E-state index contributed by atoms with van der Waals surface area (Å²) in [7, 11) is 1.89. The molecule has 2 N–H and O–H groups in total. The molecular weight excluding hydrogens is 304 g/mol. The molecule has 6 nitrogen and oxygen atoms in total. The predicted octanol–water partition coefficient (Wildman–Crippen LogP) is 1.67. The van der Waals surface area contributed by atoms with Gasteiger partial charge < -0.3 is 10.6 Å². The van der Waals surface area contributed by atoms with Gasteiger partial charge in [0.2, 0.25) is 11.8 Å². The lowest BCUT2D eigenvalue weighted by Crippen LogP contribution is -2.32. The third-order valence-corrected chi connectivity index (χ3v) is 4.46. The van der Waals surface area contributed by atoms with Gasteiger partial charge in [-0.05, 0) is 30.5 Å². The first-order valence-electron chi connectivity index (χ1n) is 8.26. The van der Waals surface area contributed by atoms with Crippen LogP contribution in [0.1, 0.15) is 24.1 Å². The van der Waals surface area contributed by atoms with E-state index in [0.29, 0.717) is 25.8 Å². The van der Waals surface area contributed by atoms with Crippen LogP contribution in [-0.2, 0) is 29.5 Å². The quantitative estimate of drug-likeness (QED) is 0.848. The van der Waals surface area contributed by atoms with Crippen molar-refractivity contribution in [2.45, 2.75) is 25.7 Å².